The molecule has 1 N–H and O–H groups in total. The summed E-state index contributed by atoms with van der Waals surface area (Å²) in [4.78, 5) is 28.8. The second-order valence-electron chi connectivity index (χ2n) is 8.51. The SMILES string of the molecule is O=C1CN(C(=O)CN2CCN(S(=O)(=O)c3ccc4c(c3)CCC4)CC2)c2ccccc2N1. The van der Waals surface area contributed by atoms with Crippen molar-refractivity contribution in [2.24, 2.45) is 0 Å². The second-order valence-corrected chi connectivity index (χ2v) is 10.4. The number of nitrogens with zero attached hydrogens (tertiary/aromatic N) is 3. The van der Waals surface area contributed by atoms with Crippen molar-refractivity contribution in [3.63, 3.8) is 0 Å². The number of hydrogen-bond donors (Lipinski definition) is 1. The summed E-state index contributed by atoms with van der Waals surface area (Å²) >= 11 is 0. The third kappa shape index (κ3) is 3.92. The highest BCUT2D eigenvalue weighted by molar-refractivity contribution is 7.89. The molecule has 2 aliphatic heterocycles. The van der Waals surface area contributed by atoms with Crippen molar-refractivity contribution in [2.75, 3.05) is 49.5 Å². The van der Waals surface area contributed by atoms with Gasteiger partial charge in [-0.1, -0.05) is 18.2 Å². The number of anilines is 2. The first kappa shape index (κ1) is 21.1. The molecular formula is C23H26N4O4S. The van der Waals surface area contributed by atoms with Crippen molar-refractivity contribution in [3.05, 3.63) is 53.6 Å². The van der Waals surface area contributed by atoms with E-state index >= 15 is 0 Å². The first-order valence-corrected chi connectivity index (χ1v) is 12.4. The molecule has 8 nitrogen and oxygen atoms in total. The van der Waals surface area contributed by atoms with Crippen molar-refractivity contribution in [1.82, 2.24) is 9.21 Å². The molecule has 0 saturated carbocycles. The number of para-hydroxylation sites is 2. The average molecular weight is 455 g/mol. The van der Waals surface area contributed by atoms with Crippen LogP contribution in [0, 0.1) is 0 Å². The fraction of sp³-hybridized carbons (Fsp3) is 0.391. The summed E-state index contributed by atoms with van der Waals surface area (Å²) in [5, 5.41) is 2.78. The lowest BCUT2D eigenvalue weighted by atomic mass is 10.1. The Morgan fingerprint density at radius 3 is 2.53 bits per heavy atom. The molecule has 1 fully saturated rings. The van der Waals surface area contributed by atoms with E-state index in [1.54, 1.807) is 12.1 Å². The van der Waals surface area contributed by atoms with Crippen molar-refractivity contribution >= 4 is 33.2 Å². The van der Waals surface area contributed by atoms with Gasteiger partial charge in [0.15, 0.2) is 0 Å². The van der Waals surface area contributed by atoms with Gasteiger partial charge in [-0.15, -0.1) is 0 Å². The largest absolute Gasteiger partial charge is 0.323 e. The van der Waals surface area contributed by atoms with Crippen LogP contribution in [0.25, 0.3) is 0 Å². The van der Waals surface area contributed by atoms with E-state index in [0.29, 0.717) is 42.4 Å². The zero-order chi connectivity index (χ0) is 22.3. The number of carbonyl (C=O) groups is 2. The fourth-order valence-corrected chi connectivity index (χ4v) is 6.19. The summed E-state index contributed by atoms with van der Waals surface area (Å²) in [6.07, 6.45) is 3.03. The molecule has 0 unspecified atom stereocenters. The van der Waals surface area contributed by atoms with Gasteiger partial charge >= 0.3 is 0 Å². The smallest absolute Gasteiger partial charge is 0.244 e. The minimum Gasteiger partial charge on any atom is -0.323 e. The van der Waals surface area contributed by atoms with E-state index in [2.05, 4.69) is 5.32 Å². The number of rotatable bonds is 4. The molecule has 0 bridgehead atoms. The Kier molecular flexibility index (Phi) is 5.48. The molecule has 0 aromatic heterocycles. The second kappa shape index (κ2) is 8.31. The number of sulfonamides is 1. The van der Waals surface area contributed by atoms with E-state index in [1.165, 1.54) is 14.8 Å². The number of piperazine rings is 1. The van der Waals surface area contributed by atoms with Crippen LogP contribution in [-0.4, -0.2) is 68.7 Å². The Balaban J connectivity index is 1.23. The van der Waals surface area contributed by atoms with Crippen molar-refractivity contribution < 1.29 is 18.0 Å². The normalized spacial score (nSPS) is 19.4. The van der Waals surface area contributed by atoms with E-state index in [0.717, 1.165) is 24.8 Å². The van der Waals surface area contributed by atoms with Gasteiger partial charge in [0.2, 0.25) is 21.8 Å². The minimum atomic E-state index is -3.54. The Labute approximate surface area is 187 Å². The molecule has 0 spiro atoms. The molecule has 0 atom stereocenters. The number of amides is 2. The lowest BCUT2D eigenvalue weighted by Crippen LogP contribution is -2.52. The molecule has 2 aromatic rings. The molecular weight excluding hydrogens is 428 g/mol. The first-order chi connectivity index (χ1) is 15.4. The predicted octanol–water partition coefficient (Wildman–Crippen LogP) is 1.47. The van der Waals surface area contributed by atoms with Gasteiger partial charge < -0.3 is 5.32 Å². The van der Waals surface area contributed by atoms with E-state index in [-0.39, 0.29) is 24.9 Å². The van der Waals surface area contributed by atoms with Crippen molar-refractivity contribution in [3.8, 4) is 0 Å². The molecule has 1 saturated heterocycles. The van der Waals surface area contributed by atoms with Crippen LogP contribution >= 0.6 is 0 Å². The van der Waals surface area contributed by atoms with E-state index in [4.69, 9.17) is 0 Å². The Bertz CT molecular complexity index is 1170. The van der Waals surface area contributed by atoms with Crippen LogP contribution in [-0.2, 0) is 32.5 Å². The van der Waals surface area contributed by atoms with Gasteiger partial charge in [-0.05, 0) is 54.7 Å². The first-order valence-electron chi connectivity index (χ1n) is 11.0. The molecule has 9 heteroatoms. The topological polar surface area (TPSA) is 90.0 Å². The number of aryl methyl sites for hydroxylation is 2. The van der Waals surface area contributed by atoms with Gasteiger partial charge in [0.1, 0.15) is 6.54 Å². The van der Waals surface area contributed by atoms with Gasteiger partial charge in [0.05, 0.1) is 22.8 Å². The quantitative estimate of drug-likeness (QED) is 0.756. The predicted molar refractivity (Wildman–Crippen MR) is 121 cm³/mol. The lowest BCUT2D eigenvalue weighted by Gasteiger charge is -2.35. The minimum absolute atomic E-state index is 0.0114. The molecule has 5 rings (SSSR count). The molecule has 2 heterocycles. The maximum Gasteiger partial charge on any atom is 0.244 e. The van der Waals surface area contributed by atoms with E-state index in [1.807, 2.05) is 35.2 Å². The maximum absolute atomic E-state index is 13.1. The van der Waals surface area contributed by atoms with Gasteiger partial charge in [0.25, 0.3) is 0 Å². The van der Waals surface area contributed by atoms with Gasteiger partial charge in [0, 0.05) is 26.2 Å². The van der Waals surface area contributed by atoms with Crippen LogP contribution < -0.4 is 10.2 Å². The Hall–Kier alpha value is -2.75. The number of carbonyl (C=O) groups excluding carboxylic acids is 2. The van der Waals surface area contributed by atoms with Crippen LogP contribution in [0.4, 0.5) is 11.4 Å². The monoisotopic (exact) mass is 454 g/mol. The summed E-state index contributed by atoms with van der Waals surface area (Å²) in [6.45, 7) is 1.75. The third-order valence-corrected chi connectivity index (χ3v) is 8.36. The molecule has 168 valence electrons. The molecule has 0 radical (unpaired) electrons. The maximum atomic E-state index is 13.1. The van der Waals surface area contributed by atoms with Crippen LogP contribution in [0.1, 0.15) is 17.5 Å². The Morgan fingerprint density at radius 2 is 1.72 bits per heavy atom. The lowest BCUT2D eigenvalue weighted by molar-refractivity contribution is -0.122. The molecule has 2 aromatic carbocycles. The molecule has 32 heavy (non-hydrogen) atoms. The summed E-state index contributed by atoms with van der Waals surface area (Å²) in [7, 11) is -3.54. The summed E-state index contributed by atoms with van der Waals surface area (Å²) in [5.41, 5.74) is 3.71. The van der Waals surface area contributed by atoms with Crippen molar-refractivity contribution in [2.45, 2.75) is 24.2 Å². The molecule has 1 aliphatic carbocycles. The number of benzene rings is 2. The van der Waals surface area contributed by atoms with E-state index < -0.39 is 10.0 Å². The fourth-order valence-electron chi connectivity index (χ4n) is 4.72. The van der Waals surface area contributed by atoms with Gasteiger partial charge in [-0.3, -0.25) is 19.4 Å². The van der Waals surface area contributed by atoms with Crippen LogP contribution in [0.2, 0.25) is 0 Å². The number of hydrogen-bond acceptors (Lipinski definition) is 5. The summed E-state index contributed by atoms with van der Waals surface area (Å²) in [5.74, 6) is -0.385. The molecule has 2 amide bonds. The zero-order valence-electron chi connectivity index (χ0n) is 17.8. The standard InChI is InChI=1S/C23H26N4O4S/c28-22-15-27(21-7-2-1-6-20(21)24-22)23(29)16-25-10-12-26(13-11-25)32(30,31)19-9-8-17-4-3-5-18(17)14-19/h1-2,6-9,14H,3-5,10-13,15-16H2,(H,24,28). The number of fused-ring (bicyclic) bond motifs is 2. The zero-order valence-corrected chi connectivity index (χ0v) is 18.6. The van der Waals surface area contributed by atoms with Crippen molar-refractivity contribution in [1.29, 1.82) is 0 Å². The summed E-state index contributed by atoms with van der Waals surface area (Å²) < 4.78 is 27.8. The highest BCUT2D eigenvalue weighted by Gasteiger charge is 2.32. The highest BCUT2D eigenvalue weighted by atomic mass is 32.2. The van der Waals surface area contributed by atoms with Gasteiger partial charge in [-0.25, -0.2) is 8.42 Å². The number of nitrogens with one attached hydrogen (secondary N) is 1. The third-order valence-electron chi connectivity index (χ3n) is 6.47. The average Bonchev–Trinajstić information content (AvgIpc) is 3.27. The Morgan fingerprint density at radius 1 is 0.969 bits per heavy atom. The summed E-state index contributed by atoms with van der Waals surface area (Å²) in [6, 6.07) is 12.7. The van der Waals surface area contributed by atoms with Crippen LogP contribution in [0.15, 0.2) is 47.4 Å². The highest BCUT2D eigenvalue weighted by Crippen LogP contribution is 2.29. The molecule has 3 aliphatic rings. The van der Waals surface area contributed by atoms with E-state index in [9.17, 15) is 18.0 Å². The van der Waals surface area contributed by atoms with Gasteiger partial charge in [-0.2, -0.15) is 4.31 Å². The van der Waals surface area contributed by atoms with Crippen LogP contribution in [0.5, 0.6) is 0 Å². The van der Waals surface area contributed by atoms with Crippen LogP contribution in [0.3, 0.4) is 0 Å².